The molecule has 1 aliphatic heterocycles. The summed E-state index contributed by atoms with van der Waals surface area (Å²) in [6.07, 6.45) is -0.377. The predicted octanol–water partition coefficient (Wildman–Crippen LogP) is 6.67. The minimum atomic E-state index is -4.27. The number of para-hydroxylation sites is 1. The van der Waals surface area contributed by atoms with E-state index in [1.807, 2.05) is 25.1 Å². The number of halogens is 3. The van der Waals surface area contributed by atoms with E-state index in [1.165, 1.54) is 36.4 Å². The molecule has 3 unspecified atom stereocenters. The molecule has 0 radical (unpaired) electrons. The highest BCUT2D eigenvalue weighted by molar-refractivity contribution is 9.10. The van der Waals surface area contributed by atoms with Crippen LogP contribution in [0.15, 0.2) is 74.9 Å². The normalized spacial score (nSPS) is 17.9. The minimum absolute atomic E-state index is 0.0553. The second-order valence-electron chi connectivity index (χ2n) is 8.81. The Kier molecular flexibility index (Phi) is 9.06. The van der Waals surface area contributed by atoms with Crippen LogP contribution in [0.25, 0.3) is 0 Å². The van der Waals surface area contributed by atoms with Gasteiger partial charge in [-0.3, -0.25) is 14.9 Å². The molecule has 8 nitrogen and oxygen atoms in total. The Hall–Kier alpha value is -2.15. The lowest BCUT2D eigenvalue weighted by Crippen LogP contribution is -2.38. The molecule has 0 spiro atoms. The fraction of sp³-hybridized carbons (Fsp3) is 0.240. The molecule has 38 heavy (non-hydrogen) atoms. The first-order valence-electron chi connectivity index (χ1n) is 11.4. The van der Waals surface area contributed by atoms with Crippen LogP contribution in [0.2, 0.25) is 10.0 Å². The van der Waals surface area contributed by atoms with E-state index in [2.05, 4.69) is 26.0 Å². The number of sulfonamides is 1. The van der Waals surface area contributed by atoms with Crippen molar-refractivity contribution in [3.63, 3.8) is 0 Å². The van der Waals surface area contributed by atoms with Gasteiger partial charge >= 0.3 is 0 Å². The molecule has 0 bridgehead atoms. The summed E-state index contributed by atoms with van der Waals surface area (Å²) in [6, 6.07) is 13.8. The van der Waals surface area contributed by atoms with Crippen molar-refractivity contribution in [2.75, 3.05) is 5.75 Å². The lowest BCUT2D eigenvalue weighted by atomic mass is 9.94. The first-order valence-corrected chi connectivity index (χ1v) is 15.4. The number of thioether (sulfide) groups is 1. The van der Waals surface area contributed by atoms with Crippen LogP contribution in [0.4, 0.5) is 5.69 Å². The van der Waals surface area contributed by atoms with Gasteiger partial charge in [0, 0.05) is 43.2 Å². The molecular formula is C25H22BrCl2N3O5S2. The number of hydrogen-bond donors (Lipinski definition) is 2. The average Bonchev–Trinajstić information content (AvgIpc) is 2.84. The summed E-state index contributed by atoms with van der Waals surface area (Å²) in [7, 11) is -4.27. The second-order valence-corrected chi connectivity index (χ2v) is 13.4. The van der Waals surface area contributed by atoms with E-state index in [-0.39, 0.29) is 44.6 Å². The largest absolute Gasteiger partial charge is 0.349 e. The second kappa shape index (κ2) is 11.9. The van der Waals surface area contributed by atoms with Gasteiger partial charge in [0.2, 0.25) is 15.9 Å². The van der Waals surface area contributed by atoms with Gasteiger partial charge in [0.05, 0.1) is 21.9 Å². The zero-order valence-electron chi connectivity index (χ0n) is 19.9. The number of hydrogen-bond acceptors (Lipinski definition) is 6. The van der Waals surface area contributed by atoms with Crippen molar-refractivity contribution in [1.82, 2.24) is 10.0 Å². The molecule has 1 aliphatic rings. The quantitative estimate of drug-likeness (QED) is 0.206. The Labute approximate surface area is 242 Å². The summed E-state index contributed by atoms with van der Waals surface area (Å²) in [5.74, 6) is 0.421. The highest BCUT2D eigenvalue weighted by Crippen LogP contribution is 2.41. The van der Waals surface area contributed by atoms with E-state index in [0.29, 0.717) is 0 Å². The van der Waals surface area contributed by atoms with Gasteiger partial charge in [-0.05, 0) is 47.9 Å². The molecule has 200 valence electrons. The molecule has 0 aliphatic carbocycles. The molecule has 3 aromatic rings. The summed E-state index contributed by atoms with van der Waals surface area (Å²) >= 11 is 17.2. The van der Waals surface area contributed by atoms with E-state index < -0.39 is 26.9 Å². The highest BCUT2D eigenvalue weighted by Gasteiger charge is 2.32. The molecule has 0 fully saturated rings. The van der Waals surface area contributed by atoms with Gasteiger partial charge in [0.15, 0.2) is 0 Å². The van der Waals surface area contributed by atoms with Crippen LogP contribution in [0, 0.1) is 16.0 Å². The molecule has 3 atom stereocenters. The summed E-state index contributed by atoms with van der Waals surface area (Å²) in [5, 5.41) is 15.0. The van der Waals surface area contributed by atoms with E-state index in [0.717, 1.165) is 20.7 Å². The van der Waals surface area contributed by atoms with Gasteiger partial charge < -0.3 is 5.32 Å². The summed E-state index contributed by atoms with van der Waals surface area (Å²) in [5.41, 5.74) is 0.696. The predicted molar refractivity (Wildman–Crippen MR) is 152 cm³/mol. The first kappa shape index (κ1) is 28.8. The van der Waals surface area contributed by atoms with Crippen molar-refractivity contribution in [1.29, 1.82) is 0 Å². The van der Waals surface area contributed by atoms with E-state index in [9.17, 15) is 23.3 Å². The highest BCUT2D eigenvalue weighted by atomic mass is 79.9. The van der Waals surface area contributed by atoms with Crippen LogP contribution in [0.5, 0.6) is 0 Å². The number of nitrogens with zero attached hydrogens (tertiary/aromatic N) is 1. The number of benzene rings is 3. The summed E-state index contributed by atoms with van der Waals surface area (Å²) in [4.78, 5) is 25.3. The molecule has 0 saturated carbocycles. The van der Waals surface area contributed by atoms with Crippen LogP contribution >= 0.6 is 50.9 Å². The number of rotatable bonds is 8. The fourth-order valence-corrected chi connectivity index (χ4v) is 7.73. The number of carbonyl (C=O) groups is 1. The first-order chi connectivity index (χ1) is 17.9. The molecular weight excluding hydrogens is 637 g/mol. The topological polar surface area (TPSA) is 118 Å². The Balaban J connectivity index is 1.67. The number of carbonyl (C=O) groups excluding carboxylic acids is 1. The smallest absolute Gasteiger partial charge is 0.274 e. The molecule has 0 aromatic heterocycles. The maximum absolute atomic E-state index is 13.4. The lowest BCUT2D eigenvalue weighted by Gasteiger charge is -2.32. The SMILES string of the molecule is CC1CSc2ccc(Br)cc2C1NC(=O)CC(NS(=O)(=O)c1cc(Cl)cc(Cl)c1)c1ccccc1[N+](=O)[O-]. The Bertz CT molecular complexity index is 1490. The van der Waals surface area contributed by atoms with Gasteiger partial charge in [-0.2, -0.15) is 0 Å². The molecule has 3 aromatic carbocycles. The minimum Gasteiger partial charge on any atom is -0.349 e. The number of amides is 1. The van der Waals surface area contributed by atoms with E-state index >= 15 is 0 Å². The number of nitro groups is 1. The molecule has 1 amide bonds. The Morgan fingerprint density at radius 2 is 1.84 bits per heavy atom. The van der Waals surface area contributed by atoms with Crippen LogP contribution < -0.4 is 10.0 Å². The third-order valence-electron chi connectivity index (χ3n) is 6.04. The monoisotopic (exact) mass is 657 g/mol. The van der Waals surface area contributed by atoms with Crippen molar-refractivity contribution >= 4 is 72.5 Å². The molecule has 2 N–H and O–H groups in total. The van der Waals surface area contributed by atoms with Gasteiger partial charge in [0.1, 0.15) is 0 Å². The summed E-state index contributed by atoms with van der Waals surface area (Å²) < 4.78 is 29.9. The van der Waals surface area contributed by atoms with E-state index in [4.69, 9.17) is 23.2 Å². The Morgan fingerprint density at radius 3 is 2.53 bits per heavy atom. The molecule has 1 heterocycles. The third-order valence-corrected chi connectivity index (χ3v) is 9.79. The van der Waals surface area contributed by atoms with Gasteiger partial charge in [-0.25, -0.2) is 13.1 Å². The molecule has 4 rings (SSSR count). The summed E-state index contributed by atoms with van der Waals surface area (Å²) in [6.45, 7) is 2.02. The number of fused-ring (bicyclic) bond motifs is 1. The van der Waals surface area contributed by atoms with Crippen molar-refractivity contribution in [2.45, 2.75) is 35.2 Å². The molecule has 13 heteroatoms. The average molecular weight is 659 g/mol. The third kappa shape index (κ3) is 6.70. The van der Waals surface area contributed by atoms with Crippen LogP contribution in [0.3, 0.4) is 0 Å². The van der Waals surface area contributed by atoms with Crippen molar-refractivity contribution in [2.24, 2.45) is 5.92 Å². The van der Waals surface area contributed by atoms with E-state index in [1.54, 1.807) is 17.8 Å². The number of nitrogens with one attached hydrogen (secondary N) is 2. The van der Waals surface area contributed by atoms with Crippen molar-refractivity contribution in [3.8, 4) is 0 Å². The van der Waals surface area contributed by atoms with Crippen LogP contribution in [-0.2, 0) is 14.8 Å². The maximum atomic E-state index is 13.4. The fourth-order valence-electron chi connectivity index (χ4n) is 4.26. The van der Waals surface area contributed by atoms with Gasteiger partial charge in [-0.1, -0.05) is 64.3 Å². The maximum Gasteiger partial charge on any atom is 0.274 e. The van der Waals surface area contributed by atoms with Crippen LogP contribution in [-0.4, -0.2) is 25.0 Å². The Morgan fingerprint density at radius 1 is 1.16 bits per heavy atom. The van der Waals surface area contributed by atoms with Gasteiger partial charge in [-0.15, -0.1) is 11.8 Å². The van der Waals surface area contributed by atoms with Crippen LogP contribution in [0.1, 0.15) is 36.6 Å². The zero-order chi connectivity index (χ0) is 27.6. The standard InChI is InChI=1S/C25H22BrCl2N3O5S2/c1-14-13-37-23-7-6-15(26)8-20(23)25(14)29-24(32)12-21(19-4-2-3-5-22(19)31(33)34)30-38(35,36)18-10-16(27)9-17(28)11-18/h2-11,14,21,25,30H,12-13H2,1H3,(H,29,32). The number of nitro benzene ring substituents is 1. The zero-order valence-corrected chi connectivity index (χ0v) is 24.6. The van der Waals surface area contributed by atoms with Gasteiger partial charge in [0.25, 0.3) is 5.69 Å². The van der Waals surface area contributed by atoms with Crippen molar-refractivity contribution < 1.29 is 18.1 Å². The lowest BCUT2D eigenvalue weighted by molar-refractivity contribution is -0.385. The van der Waals surface area contributed by atoms with Crippen molar-refractivity contribution in [3.05, 3.63) is 96.4 Å². The molecule has 0 saturated heterocycles.